The third-order valence-corrected chi connectivity index (χ3v) is 4.52. The van der Waals surface area contributed by atoms with Crippen LogP contribution in [0, 0.1) is 30.2 Å². The summed E-state index contributed by atoms with van der Waals surface area (Å²) in [5.74, 6) is -11.6. The number of benzene rings is 3. The number of hydrogen-bond donors (Lipinski definition) is 0. The summed E-state index contributed by atoms with van der Waals surface area (Å²) in [6, 6.07) is 13.9. The molecule has 0 spiro atoms. The maximum atomic E-state index is 14.2. The zero-order valence-electron chi connectivity index (χ0n) is 16.5. The van der Waals surface area contributed by atoms with E-state index in [-0.39, 0.29) is 5.75 Å². The summed E-state index contributed by atoms with van der Waals surface area (Å²) in [4.78, 5) is 23.5. The fourth-order valence-electron chi connectivity index (χ4n) is 2.87. The molecule has 3 aromatic rings. The normalized spacial score (nSPS) is 10.6. The Labute approximate surface area is 175 Å². The monoisotopic (exact) mass is 432 g/mol. The number of carbonyl (C=O) groups excluding carboxylic acids is 2. The van der Waals surface area contributed by atoms with Crippen LogP contribution in [0.4, 0.5) is 17.6 Å². The van der Waals surface area contributed by atoms with Gasteiger partial charge in [-0.15, -0.1) is 0 Å². The smallest absolute Gasteiger partial charge is 0.349 e. The Morgan fingerprint density at radius 3 is 1.58 bits per heavy atom. The lowest BCUT2D eigenvalue weighted by Gasteiger charge is -2.11. The highest BCUT2D eigenvalue weighted by molar-refractivity contribution is 5.95. The van der Waals surface area contributed by atoms with Crippen molar-refractivity contribution in [1.82, 2.24) is 0 Å². The molecule has 0 fully saturated rings. The predicted octanol–water partition coefficient (Wildman–Crippen LogP) is 5.15. The summed E-state index contributed by atoms with van der Waals surface area (Å²) in [6.45, 7) is 1.97. The van der Waals surface area contributed by atoms with Gasteiger partial charge in [-0.25, -0.2) is 27.2 Å². The van der Waals surface area contributed by atoms with E-state index in [1.807, 2.05) is 31.2 Å². The molecule has 0 bridgehead atoms. The minimum atomic E-state index is -2.06. The SMILES string of the molecule is COC(=O)c1c(F)c(F)c(C(=O)Oc2ccc(Cc3ccc(C)cc3)cc2)c(F)c1F. The number of carbonyl (C=O) groups is 2. The van der Waals surface area contributed by atoms with Crippen LogP contribution in [0.3, 0.4) is 0 Å². The van der Waals surface area contributed by atoms with Crippen molar-refractivity contribution in [2.24, 2.45) is 0 Å². The number of methoxy groups -OCH3 is 1. The minimum Gasteiger partial charge on any atom is -0.465 e. The van der Waals surface area contributed by atoms with Crippen LogP contribution in [-0.2, 0) is 11.2 Å². The lowest BCUT2D eigenvalue weighted by atomic mass is 10.0. The van der Waals surface area contributed by atoms with Gasteiger partial charge in [-0.2, -0.15) is 0 Å². The first kappa shape index (κ1) is 22.0. The molecule has 3 rings (SSSR count). The number of rotatable bonds is 5. The largest absolute Gasteiger partial charge is 0.465 e. The van der Waals surface area contributed by atoms with Crippen molar-refractivity contribution in [2.75, 3.05) is 7.11 Å². The molecule has 0 atom stereocenters. The Hall–Kier alpha value is -3.68. The van der Waals surface area contributed by atoms with Crippen LogP contribution in [-0.4, -0.2) is 19.0 Å². The van der Waals surface area contributed by atoms with Gasteiger partial charge in [-0.1, -0.05) is 42.0 Å². The molecule has 0 saturated carbocycles. The minimum absolute atomic E-state index is 0.0886. The summed E-state index contributed by atoms with van der Waals surface area (Å²) in [6.07, 6.45) is 0.600. The summed E-state index contributed by atoms with van der Waals surface area (Å²) < 4.78 is 65.4. The van der Waals surface area contributed by atoms with Gasteiger partial charge in [0.25, 0.3) is 0 Å². The predicted molar refractivity (Wildman–Crippen MR) is 103 cm³/mol. The molecular weight excluding hydrogens is 416 g/mol. The first-order chi connectivity index (χ1) is 14.7. The summed E-state index contributed by atoms with van der Waals surface area (Å²) in [5, 5.41) is 0. The Bertz CT molecular complexity index is 1110. The molecule has 3 aromatic carbocycles. The third kappa shape index (κ3) is 4.58. The molecule has 0 aromatic heterocycles. The summed E-state index contributed by atoms with van der Waals surface area (Å²) >= 11 is 0. The van der Waals surface area contributed by atoms with Crippen molar-refractivity contribution in [1.29, 1.82) is 0 Å². The van der Waals surface area contributed by atoms with Gasteiger partial charge < -0.3 is 9.47 Å². The average molecular weight is 432 g/mol. The van der Waals surface area contributed by atoms with Crippen molar-refractivity contribution < 1.29 is 36.6 Å². The van der Waals surface area contributed by atoms with E-state index in [0.717, 1.165) is 23.8 Å². The number of halogens is 4. The molecule has 0 saturated heterocycles. The molecule has 4 nitrogen and oxygen atoms in total. The van der Waals surface area contributed by atoms with Gasteiger partial charge in [0.1, 0.15) is 16.9 Å². The van der Waals surface area contributed by atoms with Gasteiger partial charge in [-0.3, -0.25) is 0 Å². The van der Waals surface area contributed by atoms with E-state index in [0.29, 0.717) is 6.42 Å². The molecule has 0 aliphatic rings. The van der Waals surface area contributed by atoms with E-state index >= 15 is 0 Å². The topological polar surface area (TPSA) is 52.6 Å². The lowest BCUT2D eigenvalue weighted by molar-refractivity contribution is 0.0583. The fourth-order valence-corrected chi connectivity index (χ4v) is 2.87. The van der Waals surface area contributed by atoms with Crippen molar-refractivity contribution in [3.63, 3.8) is 0 Å². The van der Waals surface area contributed by atoms with Crippen molar-refractivity contribution in [2.45, 2.75) is 13.3 Å². The second-order valence-electron chi connectivity index (χ2n) is 6.69. The van der Waals surface area contributed by atoms with Gasteiger partial charge in [0.2, 0.25) is 0 Å². The van der Waals surface area contributed by atoms with Crippen LogP contribution in [0.15, 0.2) is 48.5 Å². The third-order valence-electron chi connectivity index (χ3n) is 4.52. The standard InChI is InChI=1S/C23H16F4O4/c1-12-3-5-13(6-4-12)11-14-7-9-15(10-8-14)31-23(29)17-20(26)18(24)16(22(28)30-2)19(25)21(17)27/h3-10H,11H2,1-2H3. The van der Waals surface area contributed by atoms with Crippen LogP contribution in [0.2, 0.25) is 0 Å². The summed E-state index contributed by atoms with van der Waals surface area (Å²) in [7, 11) is 0.779. The number of ether oxygens (including phenoxy) is 2. The molecule has 160 valence electrons. The fraction of sp³-hybridized carbons (Fsp3) is 0.130. The Morgan fingerprint density at radius 1 is 0.710 bits per heavy atom. The molecule has 0 N–H and O–H groups in total. The first-order valence-electron chi connectivity index (χ1n) is 9.03. The Balaban J connectivity index is 1.81. The van der Waals surface area contributed by atoms with E-state index < -0.39 is 46.3 Å². The highest BCUT2D eigenvalue weighted by Gasteiger charge is 2.33. The van der Waals surface area contributed by atoms with E-state index in [2.05, 4.69) is 4.74 Å². The highest BCUT2D eigenvalue weighted by Crippen LogP contribution is 2.26. The van der Waals surface area contributed by atoms with Crippen LogP contribution >= 0.6 is 0 Å². The van der Waals surface area contributed by atoms with E-state index in [1.165, 1.54) is 12.1 Å². The highest BCUT2D eigenvalue weighted by atomic mass is 19.2. The molecule has 0 unspecified atom stereocenters. The van der Waals surface area contributed by atoms with Crippen LogP contribution in [0.5, 0.6) is 5.75 Å². The van der Waals surface area contributed by atoms with E-state index in [9.17, 15) is 27.2 Å². The van der Waals surface area contributed by atoms with E-state index in [4.69, 9.17) is 4.74 Å². The zero-order chi connectivity index (χ0) is 22.7. The molecular formula is C23H16F4O4. The average Bonchev–Trinajstić information content (AvgIpc) is 2.75. The van der Waals surface area contributed by atoms with Gasteiger partial charge in [0.15, 0.2) is 23.3 Å². The molecule has 31 heavy (non-hydrogen) atoms. The van der Waals surface area contributed by atoms with Gasteiger partial charge in [0.05, 0.1) is 7.11 Å². The second-order valence-corrected chi connectivity index (χ2v) is 6.69. The van der Waals surface area contributed by atoms with Crippen LogP contribution < -0.4 is 4.74 Å². The summed E-state index contributed by atoms with van der Waals surface area (Å²) in [5.41, 5.74) is -0.115. The van der Waals surface area contributed by atoms with Crippen LogP contribution in [0.1, 0.15) is 37.4 Å². The van der Waals surface area contributed by atoms with Crippen molar-refractivity contribution in [3.05, 3.63) is 99.6 Å². The van der Waals surface area contributed by atoms with E-state index in [1.54, 1.807) is 12.1 Å². The number of esters is 2. The Morgan fingerprint density at radius 2 is 1.13 bits per heavy atom. The molecule has 8 heteroatoms. The molecule has 0 amide bonds. The van der Waals surface area contributed by atoms with Crippen LogP contribution in [0.25, 0.3) is 0 Å². The van der Waals surface area contributed by atoms with Crippen molar-refractivity contribution >= 4 is 11.9 Å². The lowest BCUT2D eigenvalue weighted by Crippen LogP contribution is -2.20. The molecule has 0 aliphatic heterocycles. The Kier molecular flexibility index (Phi) is 6.39. The maximum Gasteiger partial charge on any atom is 0.349 e. The quantitative estimate of drug-likeness (QED) is 0.242. The number of hydrogen-bond acceptors (Lipinski definition) is 4. The molecule has 0 aliphatic carbocycles. The first-order valence-corrected chi connectivity index (χ1v) is 9.03. The number of aryl methyl sites for hydroxylation is 1. The molecule has 0 radical (unpaired) electrons. The zero-order valence-corrected chi connectivity index (χ0v) is 16.5. The second kappa shape index (κ2) is 8.99. The molecule has 0 heterocycles. The van der Waals surface area contributed by atoms with Gasteiger partial charge in [-0.05, 0) is 36.6 Å². The van der Waals surface area contributed by atoms with Crippen molar-refractivity contribution in [3.8, 4) is 5.75 Å². The van der Waals surface area contributed by atoms with Gasteiger partial charge >= 0.3 is 11.9 Å². The van der Waals surface area contributed by atoms with Gasteiger partial charge in [0, 0.05) is 0 Å². The maximum absolute atomic E-state index is 14.2.